The molecule has 0 radical (unpaired) electrons. The minimum Gasteiger partial charge on any atom is -0.357 e. The number of hydrogen-bond acceptors (Lipinski definition) is 6. The number of carbonyl (C=O) groups is 2. The molecule has 1 unspecified atom stereocenters. The molecule has 0 aliphatic carbocycles. The molecule has 1 aliphatic rings. The van der Waals surface area contributed by atoms with Crippen LogP contribution < -0.4 is 10.6 Å². The number of likely N-dealkylation sites (N-methyl/N-ethyl adjacent to an activating group) is 1. The Morgan fingerprint density at radius 3 is 3.05 bits per heavy atom. The lowest BCUT2D eigenvalue weighted by atomic mass is 10.1. The maximum Gasteiger partial charge on any atom is 0.268 e. The Labute approximate surface area is 121 Å². The summed E-state index contributed by atoms with van der Waals surface area (Å²) in [6.07, 6.45) is 1.64. The van der Waals surface area contributed by atoms with Gasteiger partial charge in [-0.15, -0.1) is 5.10 Å². The van der Waals surface area contributed by atoms with E-state index in [0.29, 0.717) is 24.5 Å². The highest BCUT2D eigenvalue weighted by Gasteiger charge is 2.33. The van der Waals surface area contributed by atoms with E-state index in [1.165, 1.54) is 0 Å². The Bertz CT molecular complexity index is 490. The van der Waals surface area contributed by atoms with Crippen molar-refractivity contribution in [3.8, 4) is 0 Å². The van der Waals surface area contributed by atoms with Crippen LogP contribution in [-0.4, -0.2) is 59.0 Å². The van der Waals surface area contributed by atoms with Gasteiger partial charge in [-0.2, -0.15) is 0 Å². The van der Waals surface area contributed by atoms with Gasteiger partial charge in [-0.05, 0) is 18.0 Å². The predicted molar refractivity (Wildman–Crippen MR) is 75.7 cm³/mol. The second-order valence-corrected chi connectivity index (χ2v) is 5.39. The SMILES string of the molecule is CCCc1nnsc1C(=O)N1CCNCC1C(=O)NC. The molecule has 8 heteroatoms. The lowest BCUT2D eigenvalue weighted by molar-refractivity contribution is -0.125. The maximum atomic E-state index is 12.6. The molecule has 0 bridgehead atoms. The van der Waals surface area contributed by atoms with Crippen LogP contribution in [0.2, 0.25) is 0 Å². The number of nitrogens with one attached hydrogen (secondary N) is 2. The van der Waals surface area contributed by atoms with Gasteiger partial charge in [0.25, 0.3) is 5.91 Å². The second kappa shape index (κ2) is 6.76. The Balaban J connectivity index is 2.21. The maximum absolute atomic E-state index is 12.6. The van der Waals surface area contributed by atoms with Crippen molar-refractivity contribution in [2.45, 2.75) is 25.8 Å². The summed E-state index contributed by atoms with van der Waals surface area (Å²) in [5.41, 5.74) is 0.733. The Morgan fingerprint density at radius 2 is 2.35 bits per heavy atom. The highest BCUT2D eigenvalue weighted by molar-refractivity contribution is 7.08. The van der Waals surface area contributed by atoms with Crippen LogP contribution in [0.1, 0.15) is 28.7 Å². The molecule has 1 fully saturated rings. The fourth-order valence-electron chi connectivity index (χ4n) is 2.25. The molecule has 110 valence electrons. The standard InChI is InChI=1S/C12H19N5O2S/c1-3-4-8-10(20-16-15-8)12(19)17-6-5-14-7-9(17)11(18)13-2/h9,14H,3-7H2,1-2H3,(H,13,18). The highest BCUT2D eigenvalue weighted by atomic mass is 32.1. The second-order valence-electron chi connectivity index (χ2n) is 4.63. The quantitative estimate of drug-likeness (QED) is 0.793. The number of aryl methyl sites for hydroxylation is 1. The third-order valence-electron chi connectivity index (χ3n) is 3.29. The van der Waals surface area contributed by atoms with Gasteiger partial charge in [0.2, 0.25) is 5.91 Å². The van der Waals surface area contributed by atoms with Gasteiger partial charge in [0, 0.05) is 26.7 Å². The zero-order chi connectivity index (χ0) is 14.5. The summed E-state index contributed by atoms with van der Waals surface area (Å²) in [5, 5.41) is 9.76. The zero-order valence-corrected chi connectivity index (χ0v) is 12.5. The molecule has 0 saturated carbocycles. The van der Waals surface area contributed by atoms with Crippen molar-refractivity contribution < 1.29 is 9.59 Å². The summed E-state index contributed by atoms with van der Waals surface area (Å²) >= 11 is 1.11. The van der Waals surface area contributed by atoms with Gasteiger partial charge in [0.1, 0.15) is 10.9 Å². The Hall–Kier alpha value is -1.54. The van der Waals surface area contributed by atoms with E-state index in [1.807, 2.05) is 6.92 Å². The average Bonchev–Trinajstić information content (AvgIpc) is 2.94. The minimum absolute atomic E-state index is 0.140. The molecule has 2 amide bonds. The Kier molecular flexibility index (Phi) is 5.02. The third kappa shape index (κ3) is 2.96. The van der Waals surface area contributed by atoms with E-state index in [2.05, 4.69) is 20.2 Å². The summed E-state index contributed by atoms with van der Waals surface area (Å²) in [6, 6.07) is -0.474. The summed E-state index contributed by atoms with van der Waals surface area (Å²) in [4.78, 5) is 26.7. The minimum atomic E-state index is -0.474. The van der Waals surface area contributed by atoms with E-state index < -0.39 is 6.04 Å². The highest BCUT2D eigenvalue weighted by Crippen LogP contribution is 2.18. The lowest BCUT2D eigenvalue weighted by Gasteiger charge is -2.34. The average molecular weight is 297 g/mol. The first-order chi connectivity index (χ1) is 9.69. The van der Waals surface area contributed by atoms with Crippen molar-refractivity contribution in [2.24, 2.45) is 0 Å². The zero-order valence-electron chi connectivity index (χ0n) is 11.7. The third-order valence-corrected chi connectivity index (χ3v) is 4.05. The van der Waals surface area contributed by atoms with E-state index >= 15 is 0 Å². The molecule has 2 rings (SSSR count). The van der Waals surface area contributed by atoms with Crippen LogP contribution in [-0.2, 0) is 11.2 Å². The van der Waals surface area contributed by atoms with Crippen LogP contribution in [0.15, 0.2) is 0 Å². The normalized spacial score (nSPS) is 18.9. The number of rotatable bonds is 4. The van der Waals surface area contributed by atoms with Crippen molar-refractivity contribution in [3.63, 3.8) is 0 Å². The van der Waals surface area contributed by atoms with Crippen molar-refractivity contribution in [1.82, 2.24) is 25.1 Å². The summed E-state index contributed by atoms with van der Waals surface area (Å²) in [5.74, 6) is -0.293. The molecule has 1 saturated heterocycles. The van der Waals surface area contributed by atoms with Crippen molar-refractivity contribution >= 4 is 23.3 Å². The largest absolute Gasteiger partial charge is 0.357 e. The van der Waals surface area contributed by atoms with E-state index in [-0.39, 0.29) is 11.8 Å². The van der Waals surface area contributed by atoms with Crippen LogP contribution in [0.5, 0.6) is 0 Å². The van der Waals surface area contributed by atoms with E-state index in [1.54, 1.807) is 11.9 Å². The number of carbonyl (C=O) groups excluding carboxylic acids is 2. The molecule has 1 aromatic heterocycles. The summed E-state index contributed by atoms with van der Waals surface area (Å²) in [7, 11) is 1.58. The van der Waals surface area contributed by atoms with Gasteiger partial charge in [0.05, 0.1) is 5.69 Å². The van der Waals surface area contributed by atoms with E-state index in [9.17, 15) is 9.59 Å². The van der Waals surface area contributed by atoms with Gasteiger partial charge in [-0.25, -0.2) is 0 Å². The monoisotopic (exact) mass is 297 g/mol. The van der Waals surface area contributed by atoms with Crippen LogP contribution >= 0.6 is 11.5 Å². The molecule has 0 aromatic carbocycles. The molecule has 1 atom stereocenters. The molecule has 0 spiro atoms. The van der Waals surface area contributed by atoms with Gasteiger partial charge < -0.3 is 15.5 Å². The molecule has 7 nitrogen and oxygen atoms in total. The topological polar surface area (TPSA) is 87.2 Å². The van der Waals surface area contributed by atoms with Gasteiger partial charge in [0.15, 0.2) is 0 Å². The van der Waals surface area contributed by atoms with Crippen molar-refractivity contribution in [3.05, 3.63) is 10.6 Å². The summed E-state index contributed by atoms with van der Waals surface area (Å²) in [6.45, 7) is 3.71. The number of nitrogens with zero attached hydrogens (tertiary/aromatic N) is 3. The van der Waals surface area contributed by atoms with Gasteiger partial charge in [-0.3, -0.25) is 9.59 Å². The van der Waals surface area contributed by atoms with Crippen LogP contribution in [0.25, 0.3) is 0 Å². The number of piperazine rings is 1. The molecule has 1 aromatic rings. The van der Waals surface area contributed by atoms with Crippen LogP contribution in [0.3, 0.4) is 0 Å². The van der Waals surface area contributed by atoms with Crippen LogP contribution in [0.4, 0.5) is 0 Å². The molecule has 1 aliphatic heterocycles. The fraction of sp³-hybridized carbons (Fsp3) is 0.667. The number of amides is 2. The number of aromatic nitrogens is 2. The first kappa shape index (κ1) is 14.9. The first-order valence-electron chi connectivity index (χ1n) is 6.73. The molecule has 2 heterocycles. The molecule has 20 heavy (non-hydrogen) atoms. The van der Waals surface area contributed by atoms with Crippen molar-refractivity contribution in [1.29, 1.82) is 0 Å². The smallest absolute Gasteiger partial charge is 0.268 e. The molecular weight excluding hydrogens is 278 g/mol. The van der Waals surface area contributed by atoms with E-state index in [0.717, 1.165) is 30.1 Å². The molecular formula is C12H19N5O2S. The van der Waals surface area contributed by atoms with E-state index in [4.69, 9.17) is 0 Å². The predicted octanol–water partition coefficient (Wildman–Crippen LogP) is -0.349. The molecule has 2 N–H and O–H groups in total. The Morgan fingerprint density at radius 1 is 1.55 bits per heavy atom. The lowest BCUT2D eigenvalue weighted by Crippen LogP contribution is -2.59. The van der Waals surface area contributed by atoms with Gasteiger partial charge in [-0.1, -0.05) is 17.8 Å². The first-order valence-corrected chi connectivity index (χ1v) is 7.50. The van der Waals surface area contributed by atoms with Crippen molar-refractivity contribution in [2.75, 3.05) is 26.7 Å². The summed E-state index contributed by atoms with van der Waals surface area (Å²) < 4.78 is 3.87. The van der Waals surface area contributed by atoms with Crippen LogP contribution in [0, 0.1) is 0 Å². The number of hydrogen-bond donors (Lipinski definition) is 2. The van der Waals surface area contributed by atoms with Gasteiger partial charge >= 0.3 is 0 Å². The fourth-order valence-corrected chi connectivity index (χ4v) is 2.91.